The van der Waals surface area contributed by atoms with E-state index in [-0.39, 0.29) is 23.6 Å². The van der Waals surface area contributed by atoms with E-state index in [2.05, 4.69) is 72.2 Å². The minimum absolute atomic E-state index is 0.0246. The lowest BCUT2D eigenvalue weighted by atomic mass is 9.86. The molecule has 2 atom stereocenters. The smallest absolute Gasteiger partial charge is 0.305 e. The number of anilines is 1. The number of hydrogen-bond donors (Lipinski definition) is 1. The number of nitrogens with one attached hydrogen (secondary N) is 1. The molecule has 3 heterocycles. The highest BCUT2D eigenvalue weighted by molar-refractivity contribution is 7.80. The number of thiocarbonyl (C=S) groups is 1. The number of benzene rings is 1. The molecule has 0 unspecified atom stereocenters. The van der Waals surface area contributed by atoms with Gasteiger partial charge in [-0.15, -0.1) is 0 Å². The molecular formula is C26H32N4O2S. The van der Waals surface area contributed by atoms with Crippen molar-refractivity contribution < 1.29 is 9.53 Å². The SMILES string of the molecule is COC(=O)CCCN1C(=S)N[C@H](c2ccccn2)[C@@H]1c1ccc2c(c1)C(C)=CC(C)(C)N2C. The molecule has 1 fully saturated rings. The van der Waals surface area contributed by atoms with Crippen LogP contribution in [0.15, 0.2) is 48.7 Å². The summed E-state index contributed by atoms with van der Waals surface area (Å²) in [6, 6.07) is 12.6. The fraction of sp³-hybridized carbons (Fsp3) is 0.423. The number of carbonyl (C=O) groups excluding carboxylic acids is 1. The molecule has 6 nitrogen and oxygen atoms in total. The van der Waals surface area contributed by atoms with Crippen LogP contribution in [0.2, 0.25) is 0 Å². The van der Waals surface area contributed by atoms with E-state index in [1.807, 2.05) is 24.4 Å². The number of ether oxygens (including phenoxy) is 1. The maximum atomic E-state index is 11.7. The summed E-state index contributed by atoms with van der Waals surface area (Å²) >= 11 is 5.75. The van der Waals surface area contributed by atoms with Gasteiger partial charge in [0.15, 0.2) is 5.11 Å². The molecule has 1 aromatic heterocycles. The lowest BCUT2D eigenvalue weighted by Gasteiger charge is -2.41. The van der Waals surface area contributed by atoms with Crippen LogP contribution >= 0.6 is 12.2 Å². The third kappa shape index (κ3) is 4.47. The van der Waals surface area contributed by atoms with Gasteiger partial charge >= 0.3 is 5.97 Å². The predicted molar refractivity (Wildman–Crippen MR) is 136 cm³/mol. The van der Waals surface area contributed by atoms with Gasteiger partial charge in [0.05, 0.1) is 30.4 Å². The maximum absolute atomic E-state index is 11.7. The Kier molecular flexibility index (Phi) is 6.43. The summed E-state index contributed by atoms with van der Waals surface area (Å²) in [6.45, 7) is 7.30. The van der Waals surface area contributed by atoms with Crippen molar-refractivity contribution in [2.45, 2.75) is 51.2 Å². The molecule has 4 rings (SSSR count). The Morgan fingerprint density at radius 1 is 1.27 bits per heavy atom. The molecule has 2 aliphatic heterocycles. The van der Waals surface area contributed by atoms with Gasteiger partial charge in [0, 0.05) is 37.5 Å². The molecule has 0 bridgehead atoms. The molecular weight excluding hydrogens is 432 g/mol. The van der Waals surface area contributed by atoms with E-state index in [0.717, 1.165) is 5.69 Å². The number of rotatable bonds is 6. The molecule has 7 heteroatoms. The number of esters is 1. The first-order valence-corrected chi connectivity index (χ1v) is 11.8. The number of nitrogens with zero attached hydrogens (tertiary/aromatic N) is 3. The van der Waals surface area contributed by atoms with Gasteiger partial charge in [-0.1, -0.05) is 18.2 Å². The van der Waals surface area contributed by atoms with Crippen molar-refractivity contribution in [2.24, 2.45) is 0 Å². The first-order chi connectivity index (χ1) is 15.7. The molecule has 1 N–H and O–H groups in total. The second kappa shape index (κ2) is 9.14. The number of aromatic nitrogens is 1. The average Bonchev–Trinajstić information content (AvgIpc) is 3.13. The van der Waals surface area contributed by atoms with Gasteiger partial charge in [0.25, 0.3) is 0 Å². The minimum Gasteiger partial charge on any atom is -0.469 e. The van der Waals surface area contributed by atoms with Crippen molar-refractivity contribution >= 4 is 34.6 Å². The molecule has 33 heavy (non-hydrogen) atoms. The molecule has 0 saturated carbocycles. The van der Waals surface area contributed by atoms with Gasteiger partial charge in [-0.3, -0.25) is 9.78 Å². The van der Waals surface area contributed by atoms with Crippen LogP contribution in [0.4, 0.5) is 5.69 Å². The Labute approximate surface area is 201 Å². The fourth-order valence-electron chi connectivity index (χ4n) is 4.87. The number of methoxy groups -OCH3 is 1. The quantitative estimate of drug-likeness (QED) is 0.494. The van der Waals surface area contributed by atoms with Gasteiger partial charge in [-0.25, -0.2) is 0 Å². The largest absolute Gasteiger partial charge is 0.469 e. The highest BCUT2D eigenvalue weighted by Gasteiger charge is 2.40. The number of fused-ring (bicyclic) bond motifs is 1. The predicted octanol–water partition coefficient (Wildman–Crippen LogP) is 4.64. The monoisotopic (exact) mass is 464 g/mol. The van der Waals surface area contributed by atoms with Crippen LogP contribution in [-0.4, -0.2) is 47.2 Å². The highest BCUT2D eigenvalue weighted by Crippen LogP contribution is 2.43. The lowest BCUT2D eigenvalue weighted by Crippen LogP contribution is -2.42. The molecule has 1 aromatic carbocycles. The Morgan fingerprint density at radius 2 is 2.06 bits per heavy atom. The Morgan fingerprint density at radius 3 is 2.76 bits per heavy atom. The summed E-state index contributed by atoms with van der Waals surface area (Å²) in [4.78, 5) is 20.8. The zero-order chi connectivity index (χ0) is 23.8. The minimum atomic E-state index is -0.203. The summed E-state index contributed by atoms with van der Waals surface area (Å²) < 4.78 is 4.82. The standard InChI is InChI=1S/C26H32N4O2S/c1-17-16-26(2,3)29(4)21-12-11-18(15-19(17)21)24-23(20-9-6-7-13-27-20)28-25(33)30(24)14-8-10-22(31)32-5/h6-7,9,11-13,15-16,23-24H,8,10,14H2,1-5H3,(H,28,33)/t23-,24+/m1/s1. The molecule has 2 aromatic rings. The van der Waals surface area contributed by atoms with Crippen molar-refractivity contribution in [3.05, 3.63) is 65.5 Å². The summed E-state index contributed by atoms with van der Waals surface area (Å²) in [5.74, 6) is -0.203. The van der Waals surface area contributed by atoms with E-state index in [0.29, 0.717) is 24.5 Å². The van der Waals surface area contributed by atoms with Gasteiger partial charge in [0.2, 0.25) is 0 Å². The van der Waals surface area contributed by atoms with Crippen molar-refractivity contribution in [2.75, 3.05) is 25.6 Å². The molecule has 2 aliphatic rings. The summed E-state index contributed by atoms with van der Waals surface area (Å²) in [6.07, 6.45) is 5.16. The first-order valence-electron chi connectivity index (χ1n) is 11.4. The van der Waals surface area contributed by atoms with E-state index in [1.54, 1.807) is 0 Å². The van der Waals surface area contributed by atoms with E-state index in [1.165, 1.54) is 29.5 Å². The number of pyridine rings is 1. The summed E-state index contributed by atoms with van der Waals surface area (Å²) in [7, 11) is 3.56. The first kappa shape index (κ1) is 23.2. The van der Waals surface area contributed by atoms with Crippen molar-refractivity contribution in [1.29, 1.82) is 0 Å². The second-order valence-corrected chi connectivity index (χ2v) is 9.70. The van der Waals surface area contributed by atoms with Crippen LogP contribution in [0, 0.1) is 0 Å². The normalized spacial score (nSPS) is 21.4. The van der Waals surface area contributed by atoms with E-state index in [9.17, 15) is 4.79 Å². The van der Waals surface area contributed by atoms with Gasteiger partial charge in [-0.2, -0.15) is 0 Å². The van der Waals surface area contributed by atoms with Crippen LogP contribution in [0.1, 0.15) is 62.5 Å². The topological polar surface area (TPSA) is 57.7 Å². The lowest BCUT2D eigenvalue weighted by molar-refractivity contribution is -0.140. The van der Waals surface area contributed by atoms with Crippen LogP contribution in [0.25, 0.3) is 5.57 Å². The molecule has 1 saturated heterocycles. The molecule has 0 radical (unpaired) electrons. The van der Waals surface area contributed by atoms with Crippen LogP contribution in [0.5, 0.6) is 0 Å². The maximum Gasteiger partial charge on any atom is 0.305 e. The number of allylic oxidation sites excluding steroid dienone is 1. The third-order valence-electron chi connectivity index (χ3n) is 6.79. The summed E-state index contributed by atoms with van der Waals surface area (Å²) in [5, 5.41) is 4.17. The zero-order valence-corrected chi connectivity index (χ0v) is 20.8. The zero-order valence-electron chi connectivity index (χ0n) is 20.0. The van der Waals surface area contributed by atoms with Gasteiger partial charge in [-0.05, 0) is 74.8 Å². The highest BCUT2D eigenvalue weighted by atomic mass is 32.1. The number of likely N-dealkylation sites (N-methyl/N-ethyl adjacent to an activating group) is 1. The Hall–Kier alpha value is -2.93. The van der Waals surface area contributed by atoms with E-state index >= 15 is 0 Å². The average molecular weight is 465 g/mol. The Balaban J connectivity index is 1.72. The number of carbonyl (C=O) groups is 1. The molecule has 0 spiro atoms. The van der Waals surface area contributed by atoms with Crippen LogP contribution < -0.4 is 10.2 Å². The number of hydrogen-bond acceptors (Lipinski definition) is 5. The fourth-order valence-corrected chi connectivity index (χ4v) is 5.20. The second-order valence-electron chi connectivity index (χ2n) is 9.32. The Bertz CT molecular complexity index is 1080. The summed E-state index contributed by atoms with van der Waals surface area (Å²) in [5.41, 5.74) is 5.82. The van der Waals surface area contributed by atoms with Gasteiger partial charge < -0.3 is 19.9 Å². The van der Waals surface area contributed by atoms with Crippen molar-refractivity contribution in [3.63, 3.8) is 0 Å². The molecule has 174 valence electrons. The van der Waals surface area contributed by atoms with E-state index in [4.69, 9.17) is 17.0 Å². The van der Waals surface area contributed by atoms with Crippen molar-refractivity contribution in [3.8, 4) is 0 Å². The molecule has 0 aliphatic carbocycles. The van der Waals surface area contributed by atoms with Crippen molar-refractivity contribution in [1.82, 2.24) is 15.2 Å². The van der Waals surface area contributed by atoms with Gasteiger partial charge in [0.1, 0.15) is 0 Å². The van der Waals surface area contributed by atoms with E-state index < -0.39 is 0 Å². The van der Waals surface area contributed by atoms with Crippen LogP contribution in [-0.2, 0) is 9.53 Å². The van der Waals surface area contributed by atoms with Crippen LogP contribution in [0.3, 0.4) is 0 Å². The third-order valence-corrected chi connectivity index (χ3v) is 7.14. The molecule has 0 amide bonds.